The topological polar surface area (TPSA) is 68.5 Å². The Morgan fingerprint density at radius 1 is 1.00 bits per heavy atom. The Kier molecular flexibility index (Phi) is 6.26. The Balaban J connectivity index is 1.22. The molecule has 7 heteroatoms. The Bertz CT molecular complexity index is 1090. The van der Waals surface area contributed by atoms with Crippen molar-refractivity contribution in [2.45, 2.75) is 38.4 Å². The molecule has 0 saturated carbocycles. The van der Waals surface area contributed by atoms with Gasteiger partial charge in [0.1, 0.15) is 6.33 Å². The second kappa shape index (κ2) is 9.45. The molecular formula is C25H27ClN6. The molecule has 2 aliphatic heterocycles. The minimum atomic E-state index is 0.531. The summed E-state index contributed by atoms with van der Waals surface area (Å²) in [7, 11) is 0. The molecule has 0 radical (unpaired) electrons. The van der Waals surface area contributed by atoms with Crippen LogP contribution in [0.25, 0.3) is 11.1 Å². The SMILES string of the molecule is N=Nc1ncnc2c1CCN(C1CCN(Cc3ccccc3-c3ccc(Cl)cc3)CC1)C2. The van der Waals surface area contributed by atoms with E-state index < -0.39 is 0 Å². The first-order valence-corrected chi connectivity index (χ1v) is 11.6. The minimum Gasteiger partial charge on any atom is -0.299 e. The van der Waals surface area contributed by atoms with E-state index in [1.807, 2.05) is 12.1 Å². The van der Waals surface area contributed by atoms with E-state index in [-0.39, 0.29) is 0 Å². The minimum absolute atomic E-state index is 0.531. The van der Waals surface area contributed by atoms with Crippen molar-refractivity contribution >= 4 is 17.4 Å². The summed E-state index contributed by atoms with van der Waals surface area (Å²) in [6.45, 7) is 4.99. The molecule has 1 fully saturated rings. The summed E-state index contributed by atoms with van der Waals surface area (Å²) in [5.74, 6) is 0.531. The zero-order valence-electron chi connectivity index (χ0n) is 18.0. The smallest absolute Gasteiger partial charge is 0.180 e. The lowest BCUT2D eigenvalue weighted by atomic mass is 9.96. The average Bonchev–Trinajstić information content (AvgIpc) is 2.85. The van der Waals surface area contributed by atoms with Gasteiger partial charge >= 0.3 is 0 Å². The number of aromatic nitrogens is 2. The van der Waals surface area contributed by atoms with Crippen molar-refractivity contribution in [3.63, 3.8) is 0 Å². The van der Waals surface area contributed by atoms with Crippen LogP contribution in [0.15, 0.2) is 60.0 Å². The Hall–Kier alpha value is -2.67. The van der Waals surface area contributed by atoms with Crippen LogP contribution in [0.5, 0.6) is 0 Å². The van der Waals surface area contributed by atoms with Gasteiger partial charge in [-0.2, -0.15) is 0 Å². The lowest BCUT2D eigenvalue weighted by Crippen LogP contribution is -2.46. The number of nitrogens with one attached hydrogen (secondary N) is 1. The number of hydrogen-bond donors (Lipinski definition) is 1. The first-order valence-electron chi connectivity index (χ1n) is 11.2. The van der Waals surface area contributed by atoms with Gasteiger partial charge in [-0.05, 0) is 61.2 Å². The largest absolute Gasteiger partial charge is 0.299 e. The van der Waals surface area contributed by atoms with Gasteiger partial charge in [0.2, 0.25) is 0 Å². The van der Waals surface area contributed by atoms with Gasteiger partial charge in [0.05, 0.1) is 5.69 Å². The van der Waals surface area contributed by atoms with Crippen molar-refractivity contribution in [1.29, 1.82) is 5.53 Å². The van der Waals surface area contributed by atoms with Crippen LogP contribution in [0.3, 0.4) is 0 Å². The van der Waals surface area contributed by atoms with Gasteiger partial charge in [0.25, 0.3) is 0 Å². The molecule has 3 heterocycles. The van der Waals surface area contributed by atoms with Crippen molar-refractivity contribution in [2.75, 3.05) is 19.6 Å². The number of nitrogens with zero attached hydrogens (tertiary/aromatic N) is 5. The first-order chi connectivity index (χ1) is 15.7. The van der Waals surface area contributed by atoms with Gasteiger partial charge in [-0.15, -0.1) is 5.11 Å². The van der Waals surface area contributed by atoms with E-state index >= 15 is 0 Å². The number of fused-ring (bicyclic) bond motifs is 1. The molecular weight excluding hydrogens is 420 g/mol. The molecule has 1 N–H and O–H groups in total. The summed E-state index contributed by atoms with van der Waals surface area (Å²) in [5.41, 5.74) is 13.3. The van der Waals surface area contributed by atoms with E-state index in [4.69, 9.17) is 17.1 Å². The van der Waals surface area contributed by atoms with Crippen molar-refractivity contribution in [1.82, 2.24) is 19.8 Å². The van der Waals surface area contributed by atoms with Gasteiger partial charge in [-0.25, -0.2) is 15.5 Å². The van der Waals surface area contributed by atoms with Crippen LogP contribution >= 0.6 is 11.6 Å². The standard InChI is InChI=1S/C25H27ClN6/c26-20-7-5-18(6-8-20)22-4-2-1-3-19(22)15-31-12-9-21(10-13-31)32-14-11-23-24(16-32)28-17-29-25(23)30-27/h1-8,17,21,27H,9-16H2. The van der Waals surface area contributed by atoms with E-state index in [1.165, 1.54) is 35.9 Å². The zero-order chi connectivity index (χ0) is 21.9. The number of benzene rings is 2. The molecule has 5 rings (SSSR count). The third-order valence-corrected chi connectivity index (χ3v) is 7.01. The third kappa shape index (κ3) is 4.44. The van der Waals surface area contributed by atoms with Crippen LogP contribution in [0, 0.1) is 5.53 Å². The average molecular weight is 447 g/mol. The maximum Gasteiger partial charge on any atom is 0.180 e. The lowest BCUT2D eigenvalue weighted by molar-refractivity contribution is 0.0937. The molecule has 0 amide bonds. The van der Waals surface area contributed by atoms with Gasteiger partial charge in [-0.1, -0.05) is 48.0 Å². The summed E-state index contributed by atoms with van der Waals surface area (Å²) >= 11 is 6.08. The van der Waals surface area contributed by atoms with Crippen molar-refractivity contribution in [3.05, 3.63) is 76.7 Å². The summed E-state index contributed by atoms with van der Waals surface area (Å²) in [6.07, 6.45) is 4.75. The number of piperidine rings is 1. The fourth-order valence-corrected chi connectivity index (χ4v) is 5.14. The first kappa shape index (κ1) is 21.2. The number of rotatable bonds is 5. The normalized spacial score (nSPS) is 17.8. The summed E-state index contributed by atoms with van der Waals surface area (Å²) < 4.78 is 0. The highest BCUT2D eigenvalue weighted by molar-refractivity contribution is 6.30. The molecule has 1 saturated heterocycles. The van der Waals surface area contributed by atoms with E-state index in [0.29, 0.717) is 11.9 Å². The van der Waals surface area contributed by atoms with Gasteiger partial charge in [-0.3, -0.25) is 9.80 Å². The highest BCUT2D eigenvalue weighted by Crippen LogP contribution is 2.30. The van der Waals surface area contributed by atoms with Crippen LogP contribution in [0.1, 0.15) is 29.7 Å². The highest BCUT2D eigenvalue weighted by atomic mass is 35.5. The Morgan fingerprint density at radius 2 is 1.78 bits per heavy atom. The number of hydrogen-bond acceptors (Lipinski definition) is 6. The van der Waals surface area contributed by atoms with Gasteiger partial charge in [0, 0.05) is 36.3 Å². The monoisotopic (exact) mass is 446 g/mol. The second-order valence-corrected chi connectivity index (χ2v) is 9.06. The third-order valence-electron chi connectivity index (χ3n) is 6.76. The maximum absolute atomic E-state index is 7.33. The molecule has 0 spiro atoms. The van der Waals surface area contributed by atoms with Crippen LogP contribution in [0.2, 0.25) is 5.02 Å². The summed E-state index contributed by atoms with van der Waals surface area (Å²) in [4.78, 5) is 13.7. The van der Waals surface area contributed by atoms with Gasteiger partial charge in [0.15, 0.2) is 5.82 Å². The van der Waals surface area contributed by atoms with Crippen molar-refractivity contribution in [3.8, 4) is 11.1 Å². The van der Waals surface area contributed by atoms with Gasteiger partial charge < -0.3 is 0 Å². The van der Waals surface area contributed by atoms with Crippen molar-refractivity contribution < 1.29 is 0 Å². The van der Waals surface area contributed by atoms with E-state index in [1.54, 1.807) is 0 Å². The zero-order valence-corrected chi connectivity index (χ0v) is 18.8. The number of halogens is 1. The highest BCUT2D eigenvalue weighted by Gasteiger charge is 2.29. The van der Waals surface area contributed by atoms with E-state index in [9.17, 15) is 0 Å². The molecule has 0 aliphatic carbocycles. The Morgan fingerprint density at radius 3 is 2.56 bits per heavy atom. The van der Waals surface area contributed by atoms with Crippen molar-refractivity contribution in [2.24, 2.45) is 5.11 Å². The lowest BCUT2D eigenvalue weighted by Gasteiger charge is -2.40. The molecule has 164 valence electrons. The second-order valence-electron chi connectivity index (χ2n) is 8.63. The van der Waals surface area contributed by atoms with Crippen LogP contribution in [-0.4, -0.2) is 45.4 Å². The molecule has 6 nitrogen and oxygen atoms in total. The molecule has 0 bridgehead atoms. The molecule has 2 aliphatic rings. The predicted molar refractivity (Wildman–Crippen MR) is 126 cm³/mol. The molecule has 2 aromatic carbocycles. The van der Waals surface area contributed by atoms with Crippen LogP contribution in [-0.2, 0) is 19.5 Å². The van der Waals surface area contributed by atoms with Crippen LogP contribution in [0.4, 0.5) is 5.82 Å². The van der Waals surface area contributed by atoms with E-state index in [2.05, 4.69) is 61.3 Å². The molecule has 1 aromatic heterocycles. The fourth-order valence-electron chi connectivity index (χ4n) is 5.02. The predicted octanol–water partition coefficient (Wildman–Crippen LogP) is 5.48. The van der Waals surface area contributed by atoms with E-state index in [0.717, 1.165) is 55.4 Å². The molecule has 0 unspecified atom stereocenters. The molecule has 0 atom stereocenters. The Labute approximate surface area is 193 Å². The molecule has 32 heavy (non-hydrogen) atoms. The molecule has 3 aromatic rings. The fraction of sp³-hybridized carbons (Fsp3) is 0.360. The number of likely N-dealkylation sites (tertiary alicyclic amines) is 1. The quantitative estimate of drug-likeness (QED) is 0.526. The maximum atomic E-state index is 7.33. The summed E-state index contributed by atoms with van der Waals surface area (Å²) in [6, 6.07) is 17.4. The van der Waals surface area contributed by atoms with Crippen LogP contribution < -0.4 is 0 Å². The summed E-state index contributed by atoms with van der Waals surface area (Å²) in [5, 5.41) is 4.34.